The summed E-state index contributed by atoms with van der Waals surface area (Å²) in [4.78, 5) is 46.1. The molecule has 1 spiro atoms. The molecule has 4 heterocycles. The van der Waals surface area contributed by atoms with Gasteiger partial charge in [-0.25, -0.2) is 0 Å². The number of carbonyl (C=O) groups is 2. The molecular weight excluding hydrogens is 456 g/mol. The van der Waals surface area contributed by atoms with Gasteiger partial charge in [0.25, 0.3) is 5.69 Å². The number of aryl methyl sites for hydroxylation is 2. The number of amides is 1. The first-order chi connectivity index (χ1) is 17.3. The molecule has 0 saturated carbocycles. The Balaban J connectivity index is 1.64. The van der Waals surface area contributed by atoms with E-state index in [0.29, 0.717) is 17.7 Å². The van der Waals surface area contributed by atoms with Crippen molar-refractivity contribution in [2.45, 2.75) is 44.2 Å². The first kappa shape index (κ1) is 22.5. The van der Waals surface area contributed by atoms with Crippen molar-refractivity contribution in [2.24, 2.45) is 5.92 Å². The zero-order chi connectivity index (χ0) is 25.2. The number of nitrogens with zero attached hydrogens (tertiary/aromatic N) is 3. The zero-order valence-electron chi connectivity index (χ0n) is 20.1. The highest BCUT2D eigenvalue weighted by Crippen LogP contribution is 2.61. The van der Waals surface area contributed by atoms with Crippen molar-refractivity contribution in [3.8, 4) is 0 Å². The van der Waals surface area contributed by atoms with Gasteiger partial charge in [-0.05, 0) is 56.5 Å². The van der Waals surface area contributed by atoms with Crippen LogP contribution in [0.2, 0.25) is 0 Å². The summed E-state index contributed by atoms with van der Waals surface area (Å²) in [6.45, 7) is 4.64. The molecule has 8 heteroatoms. The standard InChI is InChI=1S/C28H26N4O4/c1-16-12-17(2)25-21(13-16)28(27(34)30-25)24(26(33)19-7-4-10-29-15-19)23(22-9-5-11-31(22)28)18-6-3-8-20(14-18)32(35)36/h3-4,6-8,10,12-15,22-24H,5,9,11H2,1-2H3,(H,30,34)/t22?,23?,24?,28-/m1/s1. The number of pyridine rings is 1. The molecule has 1 N–H and O–H groups in total. The van der Waals surface area contributed by atoms with Gasteiger partial charge >= 0.3 is 0 Å². The summed E-state index contributed by atoms with van der Waals surface area (Å²) >= 11 is 0. The van der Waals surface area contributed by atoms with E-state index in [9.17, 15) is 19.7 Å². The van der Waals surface area contributed by atoms with E-state index in [1.807, 2.05) is 32.0 Å². The largest absolute Gasteiger partial charge is 0.324 e. The van der Waals surface area contributed by atoms with Gasteiger partial charge in [0.15, 0.2) is 5.78 Å². The minimum Gasteiger partial charge on any atom is -0.324 e. The average Bonchev–Trinajstić information content (AvgIpc) is 3.53. The number of Topliss-reactive ketones (excluding diaryl/α,β-unsaturated/α-hetero) is 1. The molecule has 3 aliphatic rings. The van der Waals surface area contributed by atoms with Gasteiger partial charge in [0, 0.05) is 53.3 Å². The lowest BCUT2D eigenvalue weighted by molar-refractivity contribution is -0.384. The van der Waals surface area contributed by atoms with Crippen molar-refractivity contribution in [3.05, 3.63) is 98.9 Å². The number of hydrogen-bond donors (Lipinski definition) is 1. The summed E-state index contributed by atoms with van der Waals surface area (Å²) in [5.41, 5.74) is 3.49. The highest BCUT2D eigenvalue weighted by molar-refractivity contribution is 6.13. The summed E-state index contributed by atoms with van der Waals surface area (Å²) in [5, 5.41) is 14.7. The van der Waals surface area contributed by atoms with Crippen LogP contribution in [-0.4, -0.2) is 39.1 Å². The summed E-state index contributed by atoms with van der Waals surface area (Å²) < 4.78 is 0. The van der Waals surface area contributed by atoms with E-state index in [4.69, 9.17) is 0 Å². The van der Waals surface area contributed by atoms with Gasteiger partial charge in [-0.1, -0.05) is 29.8 Å². The number of hydrogen-bond acceptors (Lipinski definition) is 6. The Morgan fingerprint density at radius 1 is 1.19 bits per heavy atom. The van der Waals surface area contributed by atoms with Crippen LogP contribution in [0.3, 0.4) is 0 Å². The van der Waals surface area contributed by atoms with Crippen LogP contribution in [0.15, 0.2) is 60.9 Å². The van der Waals surface area contributed by atoms with Crippen LogP contribution < -0.4 is 5.32 Å². The fraction of sp³-hybridized carbons (Fsp3) is 0.321. The molecular formula is C28H26N4O4. The molecule has 0 bridgehead atoms. The smallest absolute Gasteiger partial charge is 0.269 e. The molecule has 182 valence electrons. The minimum absolute atomic E-state index is 0.0199. The van der Waals surface area contributed by atoms with Gasteiger partial charge in [0.1, 0.15) is 5.54 Å². The number of anilines is 1. The Hall–Kier alpha value is -3.91. The van der Waals surface area contributed by atoms with Gasteiger partial charge in [-0.3, -0.25) is 29.6 Å². The van der Waals surface area contributed by atoms with Crippen molar-refractivity contribution in [1.29, 1.82) is 0 Å². The van der Waals surface area contributed by atoms with Crippen LogP contribution in [0.4, 0.5) is 11.4 Å². The Morgan fingerprint density at radius 3 is 2.78 bits per heavy atom. The van der Waals surface area contributed by atoms with E-state index < -0.39 is 22.3 Å². The monoisotopic (exact) mass is 482 g/mol. The van der Waals surface area contributed by atoms with Gasteiger partial charge in [0.2, 0.25) is 5.91 Å². The number of benzene rings is 2. The zero-order valence-corrected chi connectivity index (χ0v) is 20.1. The quantitative estimate of drug-likeness (QED) is 0.333. The number of rotatable bonds is 4. The van der Waals surface area contributed by atoms with Gasteiger partial charge in [-0.15, -0.1) is 0 Å². The molecule has 0 aliphatic carbocycles. The Bertz CT molecular complexity index is 1420. The second kappa shape index (κ2) is 8.06. The van der Waals surface area contributed by atoms with Crippen LogP contribution in [0.1, 0.15) is 51.4 Å². The summed E-state index contributed by atoms with van der Waals surface area (Å²) in [6, 6.07) is 13.9. The number of non-ortho nitro benzene ring substituents is 1. The normalized spacial score (nSPS) is 26.6. The van der Waals surface area contributed by atoms with Crippen LogP contribution in [0.25, 0.3) is 0 Å². The molecule has 2 saturated heterocycles. The fourth-order valence-corrected chi connectivity index (χ4v) is 6.92. The van der Waals surface area contributed by atoms with Gasteiger partial charge in [-0.2, -0.15) is 0 Å². The van der Waals surface area contributed by atoms with Crippen LogP contribution in [0, 0.1) is 29.9 Å². The second-order valence-electron chi connectivity index (χ2n) is 10.1. The van der Waals surface area contributed by atoms with E-state index in [0.717, 1.165) is 35.2 Å². The highest BCUT2D eigenvalue weighted by Gasteiger charge is 2.69. The number of nitrogens with one attached hydrogen (secondary N) is 1. The maximum Gasteiger partial charge on any atom is 0.269 e. The van der Waals surface area contributed by atoms with Crippen molar-refractivity contribution in [2.75, 3.05) is 11.9 Å². The van der Waals surface area contributed by atoms with Gasteiger partial charge in [0.05, 0.1) is 10.8 Å². The average molecular weight is 483 g/mol. The second-order valence-corrected chi connectivity index (χ2v) is 10.1. The molecule has 4 atom stereocenters. The predicted molar refractivity (Wildman–Crippen MR) is 134 cm³/mol. The van der Waals surface area contributed by atoms with E-state index in [1.54, 1.807) is 36.7 Å². The molecule has 1 aromatic heterocycles. The lowest BCUT2D eigenvalue weighted by atomic mass is 9.68. The molecule has 0 radical (unpaired) electrons. The molecule has 3 unspecified atom stereocenters. The summed E-state index contributed by atoms with van der Waals surface area (Å²) in [7, 11) is 0. The topological polar surface area (TPSA) is 105 Å². The molecule has 36 heavy (non-hydrogen) atoms. The number of ketones is 1. The molecule has 8 nitrogen and oxygen atoms in total. The number of nitro benzene ring substituents is 1. The van der Waals surface area contributed by atoms with E-state index in [2.05, 4.69) is 15.2 Å². The van der Waals surface area contributed by atoms with Crippen LogP contribution >= 0.6 is 0 Å². The highest BCUT2D eigenvalue weighted by atomic mass is 16.6. The minimum atomic E-state index is -1.20. The molecule has 3 aromatic rings. The number of carbonyl (C=O) groups excluding carboxylic acids is 2. The van der Waals surface area contributed by atoms with Crippen LogP contribution in [0.5, 0.6) is 0 Å². The Labute approximate surface area is 208 Å². The van der Waals surface area contributed by atoms with Crippen molar-refractivity contribution < 1.29 is 14.5 Å². The SMILES string of the molecule is Cc1cc(C)c2c(c1)[C@]1(C(=O)N2)C(C(=O)c2cccnc2)C(c2cccc([N+](=O)[O-])c2)C2CCCN21. The summed E-state index contributed by atoms with van der Waals surface area (Å²) in [5.74, 6) is -1.53. The number of nitro groups is 1. The predicted octanol–water partition coefficient (Wildman–Crippen LogP) is 4.51. The van der Waals surface area contributed by atoms with Crippen molar-refractivity contribution in [1.82, 2.24) is 9.88 Å². The third kappa shape index (κ3) is 3.00. The van der Waals surface area contributed by atoms with E-state index >= 15 is 0 Å². The van der Waals surface area contributed by atoms with Gasteiger partial charge < -0.3 is 5.32 Å². The Morgan fingerprint density at radius 2 is 2.03 bits per heavy atom. The lowest BCUT2D eigenvalue weighted by Crippen LogP contribution is -2.52. The van der Waals surface area contributed by atoms with E-state index in [1.165, 1.54) is 6.07 Å². The van der Waals surface area contributed by atoms with Crippen LogP contribution in [-0.2, 0) is 10.3 Å². The molecule has 1 amide bonds. The molecule has 2 fully saturated rings. The number of aromatic nitrogens is 1. The summed E-state index contributed by atoms with van der Waals surface area (Å²) in [6.07, 6.45) is 4.85. The first-order valence-corrected chi connectivity index (χ1v) is 12.2. The third-order valence-corrected chi connectivity index (χ3v) is 8.15. The fourth-order valence-electron chi connectivity index (χ4n) is 6.92. The third-order valence-electron chi connectivity index (χ3n) is 8.15. The molecule has 2 aromatic carbocycles. The maximum absolute atomic E-state index is 14.4. The van der Waals surface area contributed by atoms with Crippen molar-refractivity contribution in [3.63, 3.8) is 0 Å². The number of fused-ring (bicyclic) bond motifs is 4. The first-order valence-electron chi connectivity index (χ1n) is 12.2. The Kier molecular flexibility index (Phi) is 5.05. The lowest BCUT2D eigenvalue weighted by Gasteiger charge is -2.37. The van der Waals surface area contributed by atoms with E-state index in [-0.39, 0.29) is 23.4 Å². The molecule has 3 aliphatic heterocycles. The van der Waals surface area contributed by atoms with Crippen molar-refractivity contribution >= 4 is 23.1 Å². The maximum atomic E-state index is 14.4. The molecule has 6 rings (SSSR count).